The van der Waals surface area contributed by atoms with Gasteiger partial charge in [0.05, 0.1) is 4.90 Å². The molecule has 0 radical (unpaired) electrons. The van der Waals surface area contributed by atoms with Crippen molar-refractivity contribution in [2.24, 2.45) is 0 Å². The summed E-state index contributed by atoms with van der Waals surface area (Å²) < 4.78 is 31.2. The second-order valence-corrected chi connectivity index (χ2v) is 8.28. The van der Waals surface area contributed by atoms with Gasteiger partial charge in [-0.2, -0.15) is 9.36 Å². The van der Waals surface area contributed by atoms with Gasteiger partial charge in [0.15, 0.2) is 0 Å². The van der Waals surface area contributed by atoms with Crippen molar-refractivity contribution in [1.29, 1.82) is 0 Å². The first kappa shape index (κ1) is 18.5. The summed E-state index contributed by atoms with van der Waals surface area (Å²) >= 11 is 6.71. The van der Waals surface area contributed by atoms with Crippen LogP contribution in [0.25, 0.3) is 0 Å². The summed E-state index contributed by atoms with van der Waals surface area (Å²) in [5.74, 6) is -0.956. The Hall–Kier alpha value is -2.24. The maximum Gasteiger partial charge on any atom is 0.293 e. The van der Waals surface area contributed by atoms with Crippen molar-refractivity contribution in [3.8, 4) is 0 Å². The van der Waals surface area contributed by atoms with Crippen molar-refractivity contribution in [2.75, 3.05) is 24.4 Å². The number of sulfonamides is 1. The molecule has 0 unspecified atom stereocenters. The van der Waals surface area contributed by atoms with Crippen LogP contribution in [0.15, 0.2) is 23.1 Å². The number of nitrogens with zero attached hydrogens (tertiary/aromatic N) is 3. The number of hydrogen-bond donors (Lipinski definition) is 2. The summed E-state index contributed by atoms with van der Waals surface area (Å²) in [6.07, 6.45) is 0. The summed E-state index contributed by atoms with van der Waals surface area (Å²) in [6.45, 7) is 2.20. The molecule has 1 aromatic carbocycles. The average molecular weight is 416 g/mol. The van der Waals surface area contributed by atoms with Gasteiger partial charge in [0, 0.05) is 29.6 Å². The Morgan fingerprint density at radius 3 is 2.92 bits per heavy atom. The Labute approximate surface area is 158 Å². The van der Waals surface area contributed by atoms with Crippen LogP contribution in [0.5, 0.6) is 0 Å². The topological polar surface area (TPSA) is 121 Å². The minimum Gasteiger partial charge on any atom is -0.353 e. The second kappa shape index (κ2) is 7.17. The van der Waals surface area contributed by atoms with Crippen molar-refractivity contribution in [3.05, 3.63) is 34.6 Å². The van der Waals surface area contributed by atoms with Crippen molar-refractivity contribution in [3.63, 3.8) is 0 Å². The van der Waals surface area contributed by atoms with Gasteiger partial charge < -0.3 is 10.2 Å². The number of aromatic nitrogens is 2. The molecule has 1 aliphatic rings. The molecule has 0 atom stereocenters. The third kappa shape index (κ3) is 3.79. The predicted octanol–water partition coefficient (Wildman–Crippen LogP) is 0.873. The zero-order chi connectivity index (χ0) is 18.9. The van der Waals surface area contributed by atoms with E-state index < -0.39 is 15.9 Å². The third-order valence-corrected chi connectivity index (χ3v) is 6.32. The van der Waals surface area contributed by atoms with Gasteiger partial charge >= 0.3 is 0 Å². The fourth-order valence-electron chi connectivity index (χ4n) is 2.35. The molecular weight excluding hydrogens is 402 g/mol. The molecule has 9 nitrogen and oxygen atoms in total. The molecule has 1 aromatic heterocycles. The standard InChI is InChI=1S/C14H14ClN5O4S2/c1-8-9(15)3-2-4-10(8)26(23,24)19-14-17-12(18-25-14)13(22)20-6-5-16-11(21)7-20/h2-4H,5-7H2,1H3,(H,16,21)(H,17,18,19). The molecule has 1 fully saturated rings. The molecule has 26 heavy (non-hydrogen) atoms. The lowest BCUT2D eigenvalue weighted by molar-refractivity contribution is -0.123. The molecule has 138 valence electrons. The Morgan fingerprint density at radius 1 is 1.42 bits per heavy atom. The zero-order valence-corrected chi connectivity index (χ0v) is 15.9. The molecule has 1 aliphatic heterocycles. The fraction of sp³-hybridized carbons (Fsp3) is 0.286. The number of hydrogen-bond acceptors (Lipinski definition) is 7. The minimum atomic E-state index is -3.93. The number of amides is 2. The average Bonchev–Trinajstić information content (AvgIpc) is 3.04. The van der Waals surface area contributed by atoms with Crippen LogP contribution in [0.2, 0.25) is 5.02 Å². The maximum atomic E-state index is 12.5. The molecule has 0 spiro atoms. The Morgan fingerprint density at radius 2 is 2.19 bits per heavy atom. The van der Waals surface area contributed by atoms with E-state index in [2.05, 4.69) is 19.4 Å². The molecule has 2 amide bonds. The Kier molecular flexibility index (Phi) is 5.12. The number of carbonyl (C=O) groups excluding carboxylic acids is 2. The lowest BCUT2D eigenvalue weighted by Gasteiger charge is -2.25. The highest BCUT2D eigenvalue weighted by molar-refractivity contribution is 7.93. The first-order chi connectivity index (χ1) is 12.3. The SMILES string of the molecule is Cc1c(Cl)cccc1S(=O)(=O)Nc1nc(C(=O)N2CCNC(=O)C2)ns1. The summed E-state index contributed by atoms with van der Waals surface area (Å²) in [6, 6.07) is 4.54. The number of carbonyl (C=O) groups is 2. The first-order valence-corrected chi connectivity index (χ1v) is 10.1. The minimum absolute atomic E-state index is 0.0146. The molecule has 2 N–H and O–H groups in total. The molecule has 3 rings (SSSR count). The molecule has 0 aliphatic carbocycles. The summed E-state index contributed by atoms with van der Waals surface area (Å²) in [4.78, 5) is 29.0. The van der Waals surface area contributed by atoms with E-state index in [9.17, 15) is 18.0 Å². The maximum absolute atomic E-state index is 12.5. The largest absolute Gasteiger partial charge is 0.353 e. The summed E-state index contributed by atoms with van der Waals surface area (Å²) in [5.41, 5.74) is 0.404. The van der Waals surface area contributed by atoms with Crippen LogP contribution in [0, 0.1) is 6.92 Å². The van der Waals surface area contributed by atoms with Gasteiger partial charge in [-0.25, -0.2) is 8.42 Å². The third-order valence-electron chi connectivity index (χ3n) is 3.67. The normalized spacial score (nSPS) is 14.8. The highest BCUT2D eigenvalue weighted by atomic mass is 35.5. The van der Waals surface area contributed by atoms with Crippen LogP contribution in [0.4, 0.5) is 5.13 Å². The van der Waals surface area contributed by atoms with Gasteiger partial charge in [-0.1, -0.05) is 17.7 Å². The van der Waals surface area contributed by atoms with Gasteiger partial charge in [-0.05, 0) is 24.6 Å². The van der Waals surface area contributed by atoms with Crippen LogP contribution in [-0.2, 0) is 14.8 Å². The number of rotatable bonds is 4. The highest BCUT2D eigenvalue weighted by Crippen LogP contribution is 2.25. The molecular formula is C14H14ClN5O4S2. The van der Waals surface area contributed by atoms with E-state index in [1.807, 2.05) is 0 Å². The molecule has 0 saturated carbocycles. The van der Waals surface area contributed by atoms with Crippen molar-refractivity contribution in [2.45, 2.75) is 11.8 Å². The quantitative estimate of drug-likeness (QED) is 0.764. The van der Waals surface area contributed by atoms with E-state index in [0.29, 0.717) is 23.7 Å². The highest BCUT2D eigenvalue weighted by Gasteiger charge is 2.26. The van der Waals surface area contributed by atoms with E-state index in [1.165, 1.54) is 17.0 Å². The summed E-state index contributed by atoms with van der Waals surface area (Å²) in [5, 5.41) is 2.89. The molecule has 12 heteroatoms. The monoisotopic (exact) mass is 415 g/mol. The Bertz CT molecular complexity index is 975. The van der Waals surface area contributed by atoms with Crippen molar-refractivity contribution >= 4 is 50.1 Å². The molecule has 2 aromatic rings. The number of anilines is 1. The van der Waals surface area contributed by atoms with Crippen LogP contribution in [-0.4, -0.2) is 54.1 Å². The van der Waals surface area contributed by atoms with E-state index in [0.717, 1.165) is 11.5 Å². The lowest BCUT2D eigenvalue weighted by atomic mass is 10.2. The van der Waals surface area contributed by atoms with E-state index in [4.69, 9.17) is 11.6 Å². The van der Waals surface area contributed by atoms with Gasteiger partial charge in [-0.3, -0.25) is 14.3 Å². The molecule has 2 heterocycles. The van der Waals surface area contributed by atoms with Gasteiger partial charge in [0.2, 0.25) is 16.9 Å². The lowest BCUT2D eigenvalue weighted by Crippen LogP contribution is -2.50. The summed E-state index contributed by atoms with van der Waals surface area (Å²) in [7, 11) is -3.93. The molecule has 0 bridgehead atoms. The number of piperazine rings is 1. The van der Waals surface area contributed by atoms with Gasteiger partial charge in [-0.15, -0.1) is 0 Å². The van der Waals surface area contributed by atoms with Crippen LogP contribution < -0.4 is 10.0 Å². The van der Waals surface area contributed by atoms with Crippen molar-refractivity contribution < 1.29 is 18.0 Å². The van der Waals surface area contributed by atoms with Crippen LogP contribution in [0.1, 0.15) is 16.2 Å². The second-order valence-electron chi connectivity index (χ2n) is 5.47. The number of benzene rings is 1. The van der Waals surface area contributed by atoms with Crippen molar-refractivity contribution in [1.82, 2.24) is 19.6 Å². The van der Waals surface area contributed by atoms with Gasteiger partial charge in [0.25, 0.3) is 15.9 Å². The van der Waals surface area contributed by atoms with Crippen LogP contribution >= 0.6 is 23.1 Å². The number of nitrogens with one attached hydrogen (secondary N) is 2. The predicted molar refractivity (Wildman–Crippen MR) is 95.8 cm³/mol. The van der Waals surface area contributed by atoms with E-state index >= 15 is 0 Å². The Balaban J connectivity index is 1.78. The van der Waals surface area contributed by atoms with E-state index in [1.54, 1.807) is 13.0 Å². The van der Waals surface area contributed by atoms with E-state index in [-0.39, 0.29) is 28.3 Å². The smallest absolute Gasteiger partial charge is 0.293 e. The van der Waals surface area contributed by atoms with Crippen LogP contribution in [0.3, 0.4) is 0 Å². The fourth-order valence-corrected chi connectivity index (χ4v) is 4.64. The number of halogens is 1. The van der Waals surface area contributed by atoms with Gasteiger partial charge in [0.1, 0.15) is 6.54 Å². The zero-order valence-electron chi connectivity index (χ0n) is 13.5. The molecule has 1 saturated heterocycles. The first-order valence-electron chi connectivity index (χ1n) is 7.45.